The number of carbonyl (C=O) groups excluding carboxylic acids is 1. The van der Waals surface area contributed by atoms with Crippen LogP contribution in [0.5, 0.6) is 0 Å². The van der Waals surface area contributed by atoms with Crippen LogP contribution >= 0.6 is 0 Å². The highest BCUT2D eigenvalue weighted by atomic mass is 32.2. The Hall–Kier alpha value is -4.11. The molecule has 0 fully saturated rings. The largest absolute Gasteiger partial charge is 0.460 e. The van der Waals surface area contributed by atoms with Gasteiger partial charge in [-0.05, 0) is 49.4 Å². The van der Waals surface area contributed by atoms with E-state index in [1.54, 1.807) is 60.7 Å². The molecule has 5 rings (SSSR count). The van der Waals surface area contributed by atoms with E-state index in [-0.39, 0.29) is 10.7 Å². The maximum atomic E-state index is 13.2. The number of carbonyl (C=O) groups is 1. The Kier molecular flexibility index (Phi) is 5.54. The lowest BCUT2D eigenvalue weighted by Gasteiger charge is -2.23. The molecule has 4 aromatic rings. The summed E-state index contributed by atoms with van der Waals surface area (Å²) in [5.74, 6) is 0.975. The molecule has 2 aromatic heterocycles. The van der Waals surface area contributed by atoms with Gasteiger partial charge in [0, 0.05) is 12.0 Å². The molecule has 172 valence electrons. The number of para-hydroxylation sites is 1. The second-order valence-electron chi connectivity index (χ2n) is 7.81. The van der Waals surface area contributed by atoms with Crippen molar-refractivity contribution in [2.75, 3.05) is 4.72 Å². The van der Waals surface area contributed by atoms with Gasteiger partial charge in [-0.25, -0.2) is 13.4 Å². The number of nitrogens with one attached hydrogen (secondary N) is 1. The molecule has 1 unspecified atom stereocenters. The first kappa shape index (κ1) is 21.7. The molecule has 3 heterocycles. The van der Waals surface area contributed by atoms with Gasteiger partial charge in [0.15, 0.2) is 5.76 Å². The van der Waals surface area contributed by atoms with Crippen LogP contribution in [0.25, 0.3) is 0 Å². The second kappa shape index (κ2) is 8.68. The number of benzene rings is 2. The first-order valence-corrected chi connectivity index (χ1v) is 12.1. The summed E-state index contributed by atoms with van der Waals surface area (Å²) in [6.07, 6.45) is 1.75. The number of nitrogens with zero attached hydrogens (tertiary/aromatic N) is 2. The van der Waals surface area contributed by atoms with Crippen LogP contribution in [0.3, 0.4) is 0 Å². The summed E-state index contributed by atoms with van der Waals surface area (Å²) in [6.45, 7) is 1.83. The molecule has 1 N–H and O–H groups in total. The lowest BCUT2D eigenvalue weighted by molar-refractivity contribution is 0.0679. The molecule has 34 heavy (non-hydrogen) atoms. The number of furan rings is 2. The van der Waals surface area contributed by atoms with Crippen molar-refractivity contribution in [2.45, 2.75) is 24.3 Å². The fraction of sp³-hybridized carbons (Fsp3) is 0.120. The molecule has 1 atom stereocenters. The molecule has 1 amide bonds. The van der Waals surface area contributed by atoms with Crippen LogP contribution in [0.4, 0.5) is 5.69 Å². The minimum absolute atomic E-state index is 0.132. The van der Waals surface area contributed by atoms with Gasteiger partial charge in [-0.2, -0.15) is 5.10 Å². The summed E-state index contributed by atoms with van der Waals surface area (Å²) in [6, 6.07) is 21.3. The van der Waals surface area contributed by atoms with Gasteiger partial charge in [0.05, 0.1) is 22.9 Å². The van der Waals surface area contributed by atoms with Crippen LogP contribution in [0.15, 0.2) is 104 Å². The van der Waals surface area contributed by atoms with Crippen LogP contribution < -0.4 is 4.72 Å². The molecule has 0 aliphatic carbocycles. The van der Waals surface area contributed by atoms with E-state index in [0.29, 0.717) is 29.1 Å². The van der Waals surface area contributed by atoms with E-state index < -0.39 is 22.0 Å². The van der Waals surface area contributed by atoms with Crippen molar-refractivity contribution in [1.82, 2.24) is 5.01 Å². The number of aryl methyl sites for hydroxylation is 1. The van der Waals surface area contributed by atoms with E-state index in [1.165, 1.54) is 23.4 Å². The van der Waals surface area contributed by atoms with Crippen LogP contribution in [0.1, 0.15) is 40.1 Å². The Morgan fingerprint density at radius 2 is 1.76 bits per heavy atom. The highest BCUT2D eigenvalue weighted by molar-refractivity contribution is 7.92. The first-order valence-electron chi connectivity index (χ1n) is 10.6. The average molecular weight is 476 g/mol. The van der Waals surface area contributed by atoms with Crippen LogP contribution in [-0.2, 0) is 10.0 Å². The topological polar surface area (TPSA) is 105 Å². The van der Waals surface area contributed by atoms with E-state index in [0.717, 1.165) is 5.76 Å². The van der Waals surface area contributed by atoms with E-state index >= 15 is 0 Å². The van der Waals surface area contributed by atoms with Crippen molar-refractivity contribution in [3.8, 4) is 0 Å². The van der Waals surface area contributed by atoms with E-state index in [1.807, 2.05) is 13.0 Å². The van der Waals surface area contributed by atoms with Gasteiger partial charge in [-0.3, -0.25) is 9.52 Å². The SMILES string of the molecule is Cc1ccc(C2=NN(C(=O)c3ccco3)C(c3ccccc3NS(=O)(=O)c3ccccc3)C2)o1. The number of amides is 1. The monoisotopic (exact) mass is 475 g/mol. The second-order valence-corrected chi connectivity index (χ2v) is 9.49. The summed E-state index contributed by atoms with van der Waals surface area (Å²) in [5.41, 5.74) is 1.54. The molecule has 9 heteroatoms. The minimum atomic E-state index is -3.84. The Labute approximate surface area is 196 Å². The van der Waals surface area contributed by atoms with Gasteiger partial charge in [-0.1, -0.05) is 36.4 Å². The number of hydrogen-bond acceptors (Lipinski definition) is 6. The number of sulfonamides is 1. The number of hydrazone groups is 1. The fourth-order valence-corrected chi connectivity index (χ4v) is 4.98. The normalized spacial score (nSPS) is 15.9. The minimum Gasteiger partial charge on any atom is -0.460 e. The molecule has 0 saturated carbocycles. The maximum absolute atomic E-state index is 13.2. The Morgan fingerprint density at radius 3 is 2.47 bits per heavy atom. The van der Waals surface area contributed by atoms with E-state index in [9.17, 15) is 13.2 Å². The van der Waals surface area contributed by atoms with Gasteiger partial charge in [-0.15, -0.1) is 0 Å². The number of rotatable bonds is 6. The van der Waals surface area contributed by atoms with Crippen LogP contribution in [0.2, 0.25) is 0 Å². The van der Waals surface area contributed by atoms with Gasteiger partial charge < -0.3 is 8.83 Å². The van der Waals surface area contributed by atoms with Gasteiger partial charge in [0.1, 0.15) is 17.2 Å². The third kappa shape index (κ3) is 4.13. The summed E-state index contributed by atoms with van der Waals surface area (Å²) in [7, 11) is -3.84. The predicted molar refractivity (Wildman–Crippen MR) is 126 cm³/mol. The van der Waals surface area contributed by atoms with Gasteiger partial charge in [0.25, 0.3) is 10.0 Å². The van der Waals surface area contributed by atoms with Crippen molar-refractivity contribution in [3.05, 3.63) is 108 Å². The zero-order valence-corrected chi connectivity index (χ0v) is 19.0. The van der Waals surface area contributed by atoms with E-state index in [4.69, 9.17) is 8.83 Å². The Balaban J connectivity index is 1.54. The first-order chi connectivity index (χ1) is 16.4. The van der Waals surface area contributed by atoms with Gasteiger partial charge in [0.2, 0.25) is 0 Å². The highest BCUT2D eigenvalue weighted by Crippen LogP contribution is 2.38. The molecular formula is C25H21N3O5S. The fourth-order valence-electron chi connectivity index (χ4n) is 3.88. The molecule has 0 bridgehead atoms. The predicted octanol–water partition coefficient (Wildman–Crippen LogP) is 4.97. The van der Waals surface area contributed by atoms with Crippen LogP contribution in [0, 0.1) is 6.92 Å². The Bertz CT molecular complexity index is 1460. The van der Waals surface area contributed by atoms with E-state index in [2.05, 4.69) is 9.82 Å². The van der Waals surface area contributed by atoms with Crippen molar-refractivity contribution < 1.29 is 22.0 Å². The lowest BCUT2D eigenvalue weighted by Crippen LogP contribution is -2.27. The molecular weight excluding hydrogens is 454 g/mol. The Morgan fingerprint density at radius 1 is 1.00 bits per heavy atom. The number of hydrogen-bond donors (Lipinski definition) is 1. The van der Waals surface area contributed by atoms with Crippen molar-refractivity contribution in [2.24, 2.45) is 5.10 Å². The zero-order chi connectivity index (χ0) is 23.7. The summed E-state index contributed by atoms with van der Waals surface area (Å²) in [4.78, 5) is 13.4. The standard InChI is InChI=1S/C25H21N3O5S/c1-17-13-14-23(33-17)21-16-22(28(26-21)25(29)24-12-7-15-32-24)19-10-5-6-11-20(19)27-34(30,31)18-8-3-2-4-9-18/h2-15,22,27H,16H2,1H3. The molecule has 1 aliphatic heterocycles. The third-order valence-electron chi connectivity index (χ3n) is 5.49. The van der Waals surface area contributed by atoms with Crippen LogP contribution in [-0.4, -0.2) is 25.0 Å². The zero-order valence-electron chi connectivity index (χ0n) is 18.2. The molecule has 8 nitrogen and oxygen atoms in total. The van der Waals surface area contributed by atoms with Crippen molar-refractivity contribution >= 4 is 27.3 Å². The smallest absolute Gasteiger partial charge is 0.310 e. The van der Waals surface area contributed by atoms with Gasteiger partial charge >= 0.3 is 5.91 Å². The molecule has 0 spiro atoms. The third-order valence-corrected chi connectivity index (χ3v) is 6.87. The molecule has 1 aliphatic rings. The molecule has 0 saturated heterocycles. The van der Waals surface area contributed by atoms with Crippen molar-refractivity contribution in [3.63, 3.8) is 0 Å². The summed E-state index contributed by atoms with van der Waals surface area (Å²) in [5, 5.41) is 5.87. The highest BCUT2D eigenvalue weighted by Gasteiger charge is 2.37. The average Bonchev–Trinajstić information content (AvgIpc) is 3.60. The maximum Gasteiger partial charge on any atom is 0.310 e. The quantitative estimate of drug-likeness (QED) is 0.424. The summed E-state index contributed by atoms with van der Waals surface area (Å²) < 4.78 is 39.7. The molecule has 2 aromatic carbocycles. The molecule has 0 radical (unpaired) electrons. The lowest BCUT2D eigenvalue weighted by atomic mass is 9.99. The van der Waals surface area contributed by atoms with Crippen molar-refractivity contribution in [1.29, 1.82) is 0 Å². The summed E-state index contributed by atoms with van der Waals surface area (Å²) >= 11 is 0. The number of anilines is 1.